The van der Waals surface area contributed by atoms with Crippen LogP contribution in [0, 0.1) is 22.7 Å². The Bertz CT molecular complexity index is 377. The number of carbonyl (C=O) groups is 1. The van der Waals surface area contributed by atoms with E-state index in [0.717, 1.165) is 18.8 Å². The average Bonchev–Trinajstić information content (AvgIpc) is 2.88. The van der Waals surface area contributed by atoms with Crippen LogP contribution in [-0.4, -0.2) is 5.78 Å². The Balaban J connectivity index is 1.91. The Morgan fingerprint density at radius 2 is 2.00 bits per heavy atom. The van der Waals surface area contributed by atoms with Crippen LogP contribution in [0.15, 0.2) is 11.6 Å². The number of allylic oxidation sites excluding steroid dienone is 2. The lowest BCUT2D eigenvalue weighted by Gasteiger charge is -2.36. The van der Waals surface area contributed by atoms with E-state index in [2.05, 4.69) is 33.8 Å². The molecule has 0 saturated heterocycles. The summed E-state index contributed by atoms with van der Waals surface area (Å²) in [5.41, 5.74) is 2.10. The summed E-state index contributed by atoms with van der Waals surface area (Å²) in [5, 5.41) is 0. The molecule has 0 bridgehead atoms. The van der Waals surface area contributed by atoms with E-state index in [0.29, 0.717) is 17.1 Å². The van der Waals surface area contributed by atoms with Gasteiger partial charge in [-0.1, -0.05) is 39.3 Å². The summed E-state index contributed by atoms with van der Waals surface area (Å²) in [4.78, 5) is 11.8. The van der Waals surface area contributed by atoms with E-state index in [1.165, 1.54) is 19.3 Å². The van der Waals surface area contributed by atoms with Gasteiger partial charge in [0.25, 0.3) is 0 Å². The van der Waals surface area contributed by atoms with Crippen LogP contribution in [0.2, 0.25) is 0 Å². The highest BCUT2D eigenvalue weighted by Gasteiger charge is 2.45. The van der Waals surface area contributed by atoms with E-state index >= 15 is 0 Å². The summed E-state index contributed by atoms with van der Waals surface area (Å²) in [6, 6.07) is 0. The molecule has 0 amide bonds. The quantitative estimate of drug-likeness (QED) is 0.655. The molecule has 0 aromatic rings. The highest BCUT2D eigenvalue weighted by Crippen LogP contribution is 2.54. The first-order valence-electron chi connectivity index (χ1n) is 7.46. The standard InChI is InChI=1S/C17H28O/c1-12-10-14(6-7-15-11-16(15,3)4)8-9-17(12,5)13(2)18/h10,12,15H,6-9,11H2,1-5H3/t12-,15?,17+/m1/s1. The van der Waals surface area contributed by atoms with Crippen molar-refractivity contribution in [3.8, 4) is 0 Å². The van der Waals surface area contributed by atoms with E-state index in [-0.39, 0.29) is 5.41 Å². The van der Waals surface area contributed by atoms with Gasteiger partial charge in [-0.15, -0.1) is 0 Å². The number of rotatable bonds is 4. The van der Waals surface area contributed by atoms with E-state index in [1.54, 1.807) is 12.5 Å². The summed E-state index contributed by atoms with van der Waals surface area (Å²) in [6.45, 7) is 10.9. The van der Waals surface area contributed by atoms with Gasteiger partial charge in [0.2, 0.25) is 0 Å². The van der Waals surface area contributed by atoms with Gasteiger partial charge in [0, 0.05) is 5.41 Å². The third-order valence-corrected chi connectivity index (χ3v) is 5.79. The van der Waals surface area contributed by atoms with Crippen molar-refractivity contribution in [2.45, 2.75) is 66.7 Å². The normalized spacial score (nSPS) is 38.2. The molecular formula is C17H28O. The molecule has 3 atom stereocenters. The molecule has 0 spiro atoms. The second-order valence-corrected chi connectivity index (χ2v) is 7.52. The average molecular weight is 248 g/mol. The predicted octanol–water partition coefficient (Wildman–Crippen LogP) is 4.76. The summed E-state index contributed by atoms with van der Waals surface area (Å²) < 4.78 is 0. The van der Waals surface area contributed by atoms with Gasteiger partial charge in [-0.05, 0) is 56.3 Å². The Morgan fingerprint density at radius 3 is 2.44 bits per heavy atom. The number of carbonyl (C=O) groups excluding carboxylic acids is 1. The molecule has 18 heavy (non-hydrogen) atoms. The summed E-state index contributed by atoms with van der Waals surface area (Å²) in [6.07, 6.45) is 8.58. The predicted molar refractivity (Wildman–Crippen MR) is 76.4 cm³/mol. The second-order valence-electron chi connectivity index (χ2n) is 7.52. The van der Waals surface area contributed by atoms with Crippen LogP contribution in [0.3, 0.4) is 0 Å². The fourth-order valence-electron chi connectivity index (χ4n) is 3.40. The smallest absolute Gasteiger partial charge is 0.136 e. The first kappa shape index (κ1) is 13.8. The lowest BCUT2D eigenvalue weighted by Crippen LogP contribution is -2.34. The van der Waals surface area contributed by atoms with Crippen LogP contribution in [-0.2, 0) is 4.79 Å². The van der Waals surface area contributed by atoms with Gasteiger partial charge >= 0.3 is 0 Å². The fourth-order valence-corrected chi connectivity index (χ4v) is 3.40. The molecule has 102 valence electrons. The maximum atomic E-state index is 11.8. The number of Topliss-reactive ketones (excluding diaryl/α,β-unsaturated/α-hetero) is 1. The van der Waals surface area contributed by atoms with E-state index < -0.39 is 0 Å². The Labute approximate surface area is 112 Å². The minimum atomic E-state index is -0.109. The zero-order valence-electron chi connectivity index (χ0n) is 12.7. The van der Waals surface area contributed by atoms with Gasteiger partial charge in [0.05, 0.1) is 0 Å². The van der Waals surface area contributed by atoms with Gasteiger partial charge in [-0.2, -0.15) is 0 Å². The van der Waals surface area contributed by atoms with Crippen molar-refractivity contribution in [1.29, 1.82) is 0 Å². The number of hydrogen-bond donors (Lipinski definition) is 0. The minimum absolute atomic E-state index is 0.109. The van der Waals surface area contributed by atoms with Crippen LogP contribution in [0.25, 0.3) is 0 Å². The molecule has 2 aliphatic rings. The molecule has 2 rings (SSSR count). The molecule has 2 aliphatic carbocycles. The van der Waals surface area contributed by atoms with Crippen molar-refractivity contribution >= 4 is 5.78 Å². The van der Waals surface area contributed by atoms with Crippen molar-refractivity contribution in [3.05, 3.63) is 11.6 Å². The largest absolute Gasteiger partial charge is 0.299 e. The van der Waals surface area contributed by atoms with Gasteiger partial charge in [-0.3, -0.25) is 4.79 Å². The molecule has 0 aromatic heterocycles. The van der Waals surface area contributed by atoms with Crippen LogP contribution >= 0.6 is 0 Å². The maximum absolute atomic E-state index is 11.8. The molecular weight excluding hydrogens is 220 g/mol. The lowest BCUT2D eigenvalue weighted by atomic mass is 9.67. The van der Waals surface area contributed by atoms with Crippen molar-refractivity contribution < 1.29 is 4.79 Å². The van der Waals surface area contributed by atoms with Gasteiger partial charge < -0.3 is 0 Å². The van der Waals surface area contributed by atoms with Gasteiger partial charge in [-0.25, -0.2) is 0 Å². The van der Waals surface area contributed by atoms with E-state index in [1.807, 2.05) is 0 Å². The van der Waals surface area contributed by atoms with Crippen LogP contribution in [0.1, 0.15) is 66.7 Å². The summed E-state index contributed by atoms with van der Waals surface area (Å²) in [7, 11) is 0. The molecule has 0 radical (unpaired) electrons. The third-order valence-electron chi connectivity index (χ3n) is 5.79. The van der Waals surface area contributed by atoms with Crippen LogP contribution in [0.5, 0.6) is 0 Å². The SMILES string of the molecule is CC(=O)[C@@]1(C)CCC(CCC2CC2(C)C)=C[C@H]1C. The lowest BCUT2D eigenvalue weighted by molar-refractivity contribution is -0.128. The fraction of sp³-hybridized carbons (Fsp3) is 0.824. The first-order valence-corrected chi connectivity index (χ1v) is 7.46. The van der Waals surface area contributed by atoms with E-state index in [9.17, 15) is 4.79 Å². The van der Waals surface area contributed by atoms with Crippen molar-refractivity contribution in [2.75, 3.05) is 0 Å². The highest BCUT2D eigenvalue weighted by atomic mass is 16.1. The molecule has 1 heteroatoms. The van der Waals surface area contributed by atoms with Gasteiger partial charge in [0.1, 0.15) is 5.78 Å². The Morgan fingerprint density at radius 1 is 1.39 bits per heavy atom. The maximum Gasteiger partial charge on any atom is 0.136 e. The van der Waals surface area contributed by atoms with Crippen molar-refractivity contribution in [1.82, 2.24) is 0 Å². The molecule has 1 unspecified atom stereocenters. The molecule has 1 fully saturated rings. The van der Waals surface area contributed by atoms with Crippen molar-refractivity contribution in [3.63, 3.8) is 0 Å². The van der Waals surface area contributed by atoms with Crippen LogP contribution in [0.4, 0.5) is 0 Å². The summed E-state index contributed by atoms with van der Waals surface area (Å²) >= 11 is 0. The third kappa shape index (κ3) is 2.55. The topological polar surface area (TPSA) is 17.1 Å². The number of ketones is 1. The van der Waals surface area contributed by atoms with Gasteiger partial charge in [0.15, 0.2) is 0 Å². The van der Waals surface area contributed by atoms with Crippen LogP contribution < -0.4 is 0 Å². The summed E-state index contributed by atoms with van der Waals surface area (Å²) in [5.74, 6) is 1.70. The first-order chi connectivity index (χ1) is 8.25. The Hall–Kier alpha value is -0.590. The zero-order chi connectivity index (χ0) is 13.6. The highest BCUT2D eigenvalue weighted by molar-refractivity contribution is 5.82. The molecule has 0 aliphatic heterocycles. The van der Waals surface area contributed by atoms with E-state index in [4.69, 9.17) is 0 Å². The molecule has 0 heterocycles. The number of hydrogen-bond acceptors (Lipinski definition) is 1. The Kier molecular flexibility index (Phi) is 3.46. The molecule has 1 saturated carbocycles. The van der Waals surface area contributed by atoms with Crippen molar-refractivity contribution in [2.24, 2.45) is 22.7 Å². The molecule has 1 nitrogen and oxygen atoms in total. The molecule has 0 N–H and O–H groups in total. The molecule has 0 aromatic carbocycles. The monoisotopic (exact) mass is 248 g/mol. The minimum Gasteiger partial charge on any atom is -0.299 e. The second kappa shape index (κ2) is 4.51. The zero-order valence-corrected chi connectivity index (χ0v) is 12.7.